The average Bonchev–Trinajstić information content (AvgIpc) is 2.49. The van der Waals surface area contributed by atoms with Crippen molar-refractivity contribution in [3.05, 3.63) is 29.6 Å². The predicted octanol–water partition coefficient (Wildman–Crippen LogP) is 2.60. The maximum atomic E-state index is 13.6. The van der Waals surface area contributed by atoms with Crippen LogP contribution in [0.5, 0.6) is 0 Å². The SMILES string of the molecule is CCC(CC)(C(=O)Nc1ccc(F)c(F)c1F)C(N)=NO. The Kier molecular flexibility index (Phi) is 5.17. The van der Waals surface area contributed by atoms with Crippen LogP contribution in [0.2, 0.25) is 0 Å². The first kappa shape index (κ1) is 16.8. The van der Waals surface area contributed by atoms with Gasteiger partial charge in [0.2, 0.25) is 5.91 Å². The number of carbonyl (C=O) groups is 1. The fraction of sp³-hybridized carbons (Fsp3) is 0.385. The maximum absolute atomic E-state index is 13.6. The van der Waals surface area contributed by atoms with E-state index in [0.717, 1.165) is 6.07 Å². The molecule has 5 nitrogen and oxygen atoms in total. The van der Waals surface area contributed by atoms with Crippen LogP contribution in [-0.2, 0) is 4.79 Å². The number of benzene rings is 1. The van der Waals surface area contributed by atoms with E-state index in [0.29, 0.717) is 6.07 Å². The van der Waals surface area contributed by atoms with Gasteiger partial charge in [0.1, 0.15) is 5.41 Å². The fourth-order valence-corrected chi connectivity index (χ4v) is 2.01. The molecule has 0 radical (unpaired) electrons. The molecule has 0 saturated heterocycles. The molecule has 0 bridgehead atoms. The number of nitrogens with one attached hydrogen (secondary N) is 1. The van der Waals surface area contributed by atoms with Gasteiger partial charge < -0.3 is 16.3 Å². The number of carbonyl (C=O) groups excluding carboxylic acids is 1. The molecule has 0 aliphatic rings. The van der Waals surface area contributed by atoms with Crippen LogP contribution in [0.15, 0.2) is 17.3 Å². The van der Waals surface area contributed by atoms with Crippen LogP contribution >= 0.6 is 0 Å². The maximum Gasteiger partial charge on any atom is 0.238 e. The van der Waals surface area contributed by atoms with Crippen LogP contribution in [0.4, 0.5) is 18.9 Å². The quantitative estimate of drug-likeness (QED) is 0.257. The molecule has 0 aliphatic carbocycles. The zero-order valence-electron chi connectivity index (χ0n) is 11.6. The summed E-state index contributed by atoms with van der Waals surface area (Å²) < 4.78 is 39.5. The largest absolute Gasteiger partial charge is 0.409 e. The number of anilines is 1. The van der Waals surface area contributed by atoms with Crippen LogP contribution in [0.1, 0.15) is 26.7 Å². The first-order chi connectivity index (χ1) is 9.83. The molecule has 0 aliphatic heterocycles. The zero-order valence-corrected chi connectivity index (χ0v) is 11.6. The minimum atomic E-state index is -1.69. The molecular formula is C13H16F3N3O2. The monoisotopic (exact) mass is 303 g/mol. The smallest absolute Gasteiger partial charge is 0.238 e. The normalized spacial score (nSPS) is 12.3. The predicted molar refractivity (Wildman–Crippen MR) is 71.4 cm³/mol. The highest BCUT2D eigenvalue weighted by Gasteiger charge is 2.40. The van der Waals surface area contributed by atoms with Crippen molar-refractivity contribution in [2.45, 2.75) is 26.7 Å². The number of oxime groups is 1. The number of hydrogen-bond acceptors (Lipinski definition) is 3. The van der Waals surface area contributed by atoms with E-state index in [1.54, 1.807) is 13.8 Å². The van der Waals surface area contributed by atoms with E-state index in [4.69, 9.17) is 10.9 Å². The Morgan fingerprint density at radius 3 is 2.33 bits per heavy atom. The lowest BCUT2D eigenvalue weighted by Gasteiger charge is -2.28. The third-order valence-electron chi connectivity index (χ3n) is 3.52. The zero-order chi connectivity index (χ0) is 16.2. The highest BCUT2D eigenvalue weighted by atomic mass is 19.2. The summed E-state index contributed by atoms with van der Waals surface area (Å²) in [5, 5.41) is 13.8. The van der Waals surface area contributed by atoms with Gasteiger partial charge in [-0.25, -0.2) is 13.2 Å². The van der Waals surface area contributed by atoms with Crippen LogP contribution < -0.4 is 11.1 Å². The van der Waals surface area contributed by atoms with Crippen molar-refractivity contribution in [3.8, 4) is 0 Å². The van der Waals surface area contributed by atoms with E-state index >= 15 is 0 Å². The van der Waals surface area contributed by atoms with Crippen molar-refractivity contribution in [3.63, 3.8) is 0 Å². The van der Waals surface area contributed by atoms with E-state index < -0.39 is 34.5 Å². The molecule has 1 aromatic rings. The van der Waals surface area contributed by atoms with Gasteiger partial charge in [0.25, 0.3) is 0 Å². The first-order valence-corrected chi connectivity index (χ1v) is 6.27. The van der Waals surface area contributed by atoms with E-state index in [-0.39, 0.29) is 18.7 Å². The van der Waals surface area contributed by atoms with Gasteiger partial charge in [-0.1, -0.05) is 19.0 Å². The van der Waals surface area contributed by atoms with Crippen molar-refractivity contribution < 1.29 is 23.2 Å². The molecule has 116 valence electrons. The van der Waals surface area contributed by atoms with Gasteiger partial charge in [-0.15, -0.1) is 0 Å². The Hall–Kier alpha value is -2.25. The highest BCUT2D eigenvalue weighted by Crippen LogP contribution is 2.30. The molecule has 1 aromatic carbocycles. The molecule has 0 atom stereocenters. The molecule has 4 N–H and O–H groups in total. The average molecular weight is 303 g/mol. The van der Waals surface area contributed by atoms with Gasteiger partial charge in [0, 0.05) is 0 Å². The summed E-state index contributed by atoms with van der Waals surface area (Å²) in [5.41, 5.74) is 3.64. The lowest BCUT2D eigenvalue weighted by atomic mass is 9.80. The summed E-state index contributed by atoms with van der Waals surface area (Å²) in [6.45, 7) is 3.26. The Morgan fingerprint density at radius 2 is 1.86 bits per heavy atom. The van der Waals surface area contributed by atoms with Gasteiger partial charge in [0.15, 0.2) is 23.3 Å². The Labute approximate surface area is 119 Å². The van der Waals surface area contributed by atoms with Crippen LogP contribution in [0, 0.1) is 22.9 Å². The number of rotatable bonds is 5. The summed E-state index contributed by atoms with van der Waals surface area (Å²) in [7, 11) is 0. The van der Waals surface area contributed by atoms with Gasteiger partial charge in [0.05, 0.1) is 5.69 Å². The Balaban J connectivity index is 3.18. The standard InChI is InChI=1S/C13H16F3N3O2/c1-3-13(4-2,11(17)19-21)12(20)18-8-6-5-7(14)9(15)10(8)16/h5-6,21H,3-4H2,1-2H3,(H2,17,19)(H,18,20). The lowest BCUT2D eigenvalue weighted by Crippen LogP contribution is -2.46. The molecule has 1 rings (SSSR count). The third kappa shape index (κ3) is 2.93. The molecule has 8 heteroatoms. The summed E-state index contributed by atoms with van der Waals surface area (Å²) in [6.07, 6.45) is 0.354. The molecule has 1 amide bonds. The fourth-order valence-electron chi connectivity index (χ4n) is 2.01. The van der Waals surface area contributed by atoms with E-state index in [1.165, 1.54) is 0 Å². The number of amidine groups is 1. The molecule has 0 fully saturated rings. The minimum absolute atomic E-state index is 0.177. The van der Waals surface area contributed by atoms with Gasteiger partial charge >= 0.3 is 0 Å². The number of nitrogens with zero attached hydrogens (tertiary/aromatic N) is 1. The molecule has 0 spiro atoms. The number of hydrogen-bond donors (Lipinski definition) is 3. The van der Waals surface area contributed by atoms with E-state index in [2.05, 4.69) is 10.5 Å². The van der Waals surface area contributed by atoms with Crippen LogP contribution in [-0.4, -0.2) is 17.0 Å². The van der Waals surface area contributed by atoms with Crippen LogP contribution in [0.25, 0.3) is 0 Å². The topological polar surface area (TPSA) is 87.7 Å². The van der Waals surface area contributed by atoms with Crippen LogP contribution in [0.3, 0.4) is 0 Å². The van der Waals surface area contributed by atoms with Crippen molar-refractivity contribution in [2.75, 3.05) is 5.32 Å². The van der Waals surface area contributed by atoms with E-state index in [1.807, 2.05) is 0 Å². The number of halogens is 3. The molecule has 0 heterocycles. The second-order valence-electron chi connectivity index (χ2n) is 4.45. The van der Waals surface area contributed by atoms with E-state index in [9.17, 15) is 18.0 Å². The summed E-state index contributed by atoms with van der Waals surface area (Å²) >= 11 is 0. The Bertz CT molecular complexity index is 572. The molecule has 21 heavy (non-hydrogen) atoms. The first-order valence-electron chi connectivity index (χ1n) is 6.27. The summed E-state index contributed by atoms with van der Waals surface area (Å²) in [5.74, 6) is -5.67. The third-order valence-corrected chi connectivity index (χ3v) is 3.52. The number of nitrogens with two attached hydrogens (primary N) is 1. The molecule has 0 aromatic heterocycles. The highest BCUT2D eigenvalue weighted by molar-refractivity contribution is 6.11. The minimum Gasteiger partial charge on any atom is -0.409 e. The van der Waals surface area contributed by atoms with Gasteiger partial charge in [-0.2, -0.15) is 0 Å². The number of amides is 1. The van der Waals surface area contributed by atoms with Crippen molar-refractivity contribution in [1.82, 2.24) is 0 Å². The molecule has 0 unspecified atom stereocenters. The summed E-state index contributed by atoms with van der Waals surface area (Å²) in [4.78, 5) is 12.3. The van der Waals surface area contributed by atoms with Gasteiger partial charge in [-0.3, -0.25) is 4.79 Å². The Morgan fingerprint density at radius 1 is 1.29 bits per heavy atom. The van der Waals surface area contributed by atoms with Crippen molar-refractivity contribution in [1.29, 1.82) is 0 Å². The molecule has 0 saturated carbocycles. The second-order valence-corrected chi connectivity index (χ2v) is 4.45. The summed E-state index contributed by atoms with van der Waals surface area (Å²) in [6, 6.07) is 1.59. The van der Waals surface area contributed by atoms with Crippen molar-refractivity contribution in [2.24, 2.45) is 16.3 Å². The second kappa shape index (κ2) is 6.47. The molecular weight excluding hydrogens is 287 g/mol. The van der Waals surface area contributed by atoms with Crippen molar-refractivity contribution >= 4 is 17.4 Å². The lowest BCUT2D eigenvalue weighted by molar-refractivity contribution is -0.122. The van der Waals surface area contributed by atoms with Gasteiger partial charge in [-0.05, 0) is 25.0 Å².